The quantitative estimate of drug-likeness (QED) is 0.906. The van der Waals surface area contributed by atoms with E-state index in [0.29, 0.717) is 5.13 Å². The predicted molar refractivity (Wildman–Crippen MR) is 70.8 cm³/mol. The summed E-state index contributed by atoms with van der Waals surface area (Å²) in [4.78, 5) is 26.7. The topological polar surface area (TPSA) is 71.1 Å². The molecular weight excluding hydrogens is 269 g/mol. The fourth-order valence-corrected chi connectivity index (χ4v) is 1.93. The number of hydrogen-bond acceptors (Lipinski definition) is 4. The maximum absolute atomic E-state index is 13.4. The highest BCUT2D eigenvalue weighted by molar-refractivity contribution is 7.13. The van der Waals surface area contributed by atoms with Gasteiger partial charge in [0, 0.05) is 24.1 Å². The maximum atomic E-state index is 13.4. The van der Waals surface area contributed by atoms with E-state index in [1.54, 1.807) is 11.6 Å². The van der Waals surface area contributed by atoms with E-state index in [0.717, 1.165) is 6.07 Å². The van der Waals surface area contributed by atoms with Crippen LogP contribution < -0.4 is 10.6 Å². The highest BCUT2D eigenvalue weighted by Crippen LogP contribution is 2.18. The molecule has 2 aromatic rings. The van der Waals surface area contributed by atoms with Gasteiger partial charge in [0.25, 0.3) is 5.91 Å². The van der Waals surface area contributed by atoms with Crippen LogP contribution in [0, 0.1) is 5.82 Å². The van der Waals surface area contributed by atoms with Gasteiger partial charge in [-0.25, -0.2) is 9.37 Å². The molecule has 0 aliphatic rings. The van der Waals surface area contributed by atoms with Crippen molar-refractivity contribution in [3.8, 4) is 0 Å². The van der Waals surface area contributed by atoms with E-state index < -0.39 is 17.6 Å². The lowest BCUT2D eigenvalue weighted by atomic mass is 10.2. The molecule has 0 aliphatic heterocycles. The zero-order valence-electron chi connectivity index (χ0n) is 9.94. The van der Waals surface area contributed by atoms with Crippen molar-refractivity contribution < 1.29 is 14.0 Å². The number of halogens is 1. The molecule has 0 aliphatic carbocycles. The van der Waals surface area contributed by atoms with E-state index in [4.69, 9.17) is 0 Å². The van der Waals surface area contributed by atoms with Gasteiger partial charge in [-0.2, -0.15) is 0 Å². The fraction of sp³-hybridized carbons (Fsp3) is 0.0833. The first-order chi connectivity index (χ1) is 9.06. The Bertz CT molecular complexity index is 613. The number of carbonyl (C=O) groups excluding carboxylic acids is 2. The summed E-state index contributed by atoms with van der Waals surface area (Å²) in [5.41, 5.74) is 0.208. The molecular formula is C12H10FN3O2S. The smallest absolute Gasteiger partial charge is 0.257 e. The van der Waals surface area contributed by atoms with Gasteiger partial charge in [-0.15, -0.1) is 11.3 Å². The highest BCUT2D eigenvalue weighted by Gasteiger charge is 2.11. The first-order valence-electron chi connectivity index (χ1n) is 5.34. The zero-order valence-corrected chi connectivity index (χ0v) is 10.8. The molecule has 1 aromatic carbocycles. The molecule has 98 valence electrons. The molecule has 7 heteroatoms. The second-order valence-corrected chi connectivity index (χ2v) is 4.56. The van der Waals surface area contributed by atoms with E-state index in [9.17, 15) is 14.0 Å². The van der Waals surface area contributed by atoms with Crippen LogP contribution in [0.4, 0.5) is 15.2 Å². The van der Waals surface area contributed by atoms with Gasteiger partial charge >= 0.3 is 0 Å². The number of hydrogen-bond donors (Lipinski definition) is 2. The zero-order chi connectivity index (χ0) is 13.8. The van der Waals surface area contributed by atoms with Gasteiger partial charge < -0.3 is 5.32 Å². The van der Waals surface area contributed by atoms with Crippen molar-refractivity contribution in [2.24, 2.45) is 0 Å². The summed E-state index contributed by atoms with van der Waals surface area (Å²) in [7, 11) is 0. The molecule has 0 fully saturated rings. The molecule has 2 amide bonds. The van der Waals surface area contributed by atoms with E-state index >= 15 is 0 Å². The number of aromatic nitrogens is 1. The summed E-state index contributed by atoms with van der Waals surface area (Å²) >= 11 is 1.28. The number of rotatable bonds is 3. The van der Waals surface area contributed by atoms with Gasteiger partial charge in [-0.3, -0.25) is 14.9 Å². The van der Waals surface area contributed by atoms with Gasteiger partial charge in [-0.1, -0.05) is 0 Å². The molecule has 0 bridgehead atoms. The molecule has 0 saturated carbocycles. The second-order valence-electron chi connectivity index (χ2n) is 3.67. The Labute approximate surface area is 112 Å². The van der Waals surface area contributed by atoms with E-state index in [1.807, 2.05) is 0 Å². The molecule has 0 unspecified atom stereocenters. The van der Waals surface area contributed by atoms with Gasteiger partial charge in [0.15, 0.2) is 5.13 Å². The molecule has 0 saturated heterocycles. The Morgan fingerprint density at radius 3 is 2.74 bits per heavy atom. The van der Waals surface area contributed by atoms with Crippen LogP contribution in [0.3, 0.4) is 0 Å². The minimum atomic E-state index is -0.596. The first-order valence-corrected chi connectivity index (χ1v) is 6.22. The summed E-state index contributed by atoms with van der Waals surface area (Å²) in [6.45, 7) is 1.27. The van der Waals surface area contributed by atoms with E-state index in [-0.39, 0.29) is 11.3 Å². The molecule has 0 spiro atoms. The Balaban J connectivity index is 2.20. The van der Waals surface area contributed by atoms with Crippen LogP contribution in [0.1, 0.15) is 17.3 Å². The predicted octanol–water partition coefficient (Wildman–Crippen LogP) is 2.49. The Hall–Kier alpha value is -2.28. The number of benzene rings is 1. The minimum absolute atomic E-state index is 0.0284. The summed E-state index contributed by atoms with van der Waals surface area (Å²) < 4.78 is 13.4. The van der Waals surface area contributed by atoms with Crippen molar-refractivity contribution in [2.75, 3.05) is 10.6 Å². The molecule has 0 radical (unpaired) electrons. The lowest BCUT2D eigenvalue weighted by Crippen LogP contribution is -2.13. The number of nitrogens with one attached hydrogen (secondary N) is 2. The second kappa shape index (κ2) is 5.57. The van der Waals surface area contributed by atoms with Crippen molar-refractivity contribution in [1.82, 2.24) is 4.98 Å². The summed E-state index contributed by atoms with van der Waals surface area (Å²) in [6.07, 6.45) is 1.56. The number of anilines is 2. The van der Waals surface area contributed by atoms with Crippen LogP contribution in [0.2, 0.25) is 0 Å². The van der Waals surface area contributed by atoms with Crippen LogP contribution in [0.25, 0.3) is 0 Å². The monoisotopic (exact) mass is 279 g/mol. The Morgan fingerprint density at radius 2 is 2.11 bits per heavy atom. The van der Waals surface area contributed by atoms with Crippen LogP contribution in [-0.2, 0) is 4.79 Å². The van der Waals surface area contributed by atoms with E-state index in [2.05, 4.69) is 15.6 Å². The number of amides is 2. The van der Waals surface area contributed by atoms with Crippen LogP contribution in [0.15, 0.2) is 29.8 Å². The van der Waals surface area contributed by atoms with Gasteiger partial charge in [-0.05, 0) is 18.2 Å². The SMILES string of the molecule is CC(=O)Nc1cc(C(=O)Nc2nccs2)ccc1F. The van der Waals surface area contributed by atoms with Crippen molar-refractivity contribution in [2.45, 2.75) is 6.92 Å². The molecule has 1 aromatic heterocycles. The van der Waals surface area contributed by atoms with Crippen LogP contribution >= 0.6 is 11.3 Å². The maximum Gasteiger partial charge on any atom is 0.257 e. The lowest BCUT2D eigenvalue weighted by molar-refractivity contribution is -0.114. The van der Waals surface area contributed by atoms with Crippen LogP contribution in [0.5, 0.6) is 0 Å². The standard InChI is InChI=1S/C12H10FN3O2S/c1-7(17)15-10-6-8(2-3-9(10)13)11(18)16-12-14-4-5-19-12/h2-6H,1H3,(H,15,17)(H,14,16,18). The van der Waals surface area contributed by atoms with Crippen molar-refractivity contribution >= 4 is 34.0 Å². The van der Waals surface area contributed by atoms with Crippen LogP contribution in [-0.4, -0.2) is 16.8 Å². The normalized spacial score (nSPS) is 10.0. The Kier molecular flexibility index (Phi) is 3.86. The molecule has 0 atom stereocenters. The third-order valence-electron chi connectivity index (χ3n) is 2.19. The number of nitrogens with zero attached hydrogens (tertiary/aromatic N) is 1. The molecule has 2 rings (SSSR count). The minimum Gasteiger partial charge on any atom is -0.324 e. The molecule has 1 heterocycles. The van der Waals surface area contributed by atoms with Crippen molar-refractivity contribution in [3.05, 3.63) is 41.2 Å². The highest BCUT2D eigenvalue weighted by atomic mass is 32.1. The van der Waals surface area contributed by atoms with E-state index in [1.165, 1.54) is 30.4 Å². The summed E-state index contributed by atoms with van der Waals surface area (Å²) in [5.74, 6) is -1.42. The first kappa shape index (κ1) is 13.2. The molecule has 5 nitrogen and oxygen atoms in total. The fourth-order valence-electron chi connectivity index (χ4n) is 1.41. The molecule has 19 heavy (non-hydrogen) atoms. The average molecular weight is 279 g/mol. The summed E-state index contributed by atoms with van der Waals surface area (Å²) in [6, 6.07) is 3.74. The third kappa shape index (κ3) is 3.35. The average Bonchev–Trinajstić information content (AvgIpc) is 2.84. The lowest BCUT2D eigenvalue weighted by Gasteiger charge is -2.07. The van der Waals surface area contributed by atoms with Gasteiger partial charge in [0.1, 0.15) is 5.82 Å². The van der Waals surface area contributed by atoms with Gasteiger partial charge in [0.05, 0.1) is 5.69 Å². The van der Waals surface area contributed by atoms with Gasteiger partial charge in [0.2, 0.25) is 5.91 Å². The third-order valence-corrected chi connectivity index (χ3v) is 2.88. The number of thiazole rings is 1. The van der Waals surface area contributed by atoms with Crippen molar-refractivity contribution in [3.63, 3.8) is 0 Å². The van der Waals surface area contributed by atoms with Crippen molar-refractivity contribution in [1.29, 1.82) is 0 Å². The number of carbonyl (C=O) groups is 2. The molecule has 2 N–H and O–H groups in total. The summed E-state index contributed by atoms with van der Waals surface area (Å²) in [5, 5.41) is 7.07. The largest absolute Gasteiger partial charge is 0.324 e. The Morgan fingerprint density at radius 1 is 1.32 bits per heavy atom.